The molecule has 1 amide bonds. The molecule has 1 aromatic heterocycles. The highest BCUT2D eigenvalue weighted by Gasteiger charge is 2.56. The molecule has 0 aliphatic carbocycles. The van der Waals surface area contributed by atoms with Gasteiger partial charge in [-0.15, -0.1) is 6.42 Å². The van der Waals surface area contributed by atoms with Gasteiger partial charge in [0.25, 0.3) is 5.91 Å². The van der Waals surface area contributed by atoms with Gasteiger partial charge in [-0.1, -0.05) is 0 Å². The topological polar surface area (TPSA) is 133 Å². The molecule has 3 heterocycles. The zero-order chi connectivity index (χ0) is 22.8. The third-order valence-corrected chi connectivity index (χ3v) is 6.55. The SMILES string of the molecule is C#Cc1c(C(N)=O)ncn1[C@@H]1O[C@H](COCP(=O)(OCC)OCC)[C@@H]2OC(C)(C)OC21. The quantitative estimate of drug-likeness (QED) is 0.411. The fourth-order valence-corrected chi connectivity index (χ4v) is 5.02. The minimum atomic E-state index is -3.37. The second-order valence-corrected chi connectivity index (χ2v) is 9.43. The number of imidazole rings is 1. The molecule has 4 atom stereocenters. The summed E-state index contributed by atoms with van der Waals surface area (Å²) in [6.45, 7) is 7.52. The molecule has 0 bridgehead atoms. The van der Waals surface area contributed by atoms with Crippen LogP contribution >= 0.6 is 7.60 Å². The second-order valence-electron chi connectivity index (χ2n) is 7.43. The molecule has 0 aromatic carbocycles. The molecular weight excluding hydrogens is 429 g/mol. The number of hydrogen-bond donors (Lipinski definition) is 1. The summed E-state index contributed by atoms with van der Waals surface area (Å²) in [6, 6.07) is 0. The fourth-order valence-electron chi connectivity index (χ4n) is 3.68. The van der Waals surface area contributed by atoms with Gasteiger partial charge in [0.1, 0.15) is 30.4 Å². The first-order valence-electron chi connectivity index (χ1n) is 9.95. The van der Waals surface area contributed by atoms with Gasteiger partial charge in [0.15, 0.2) is 17.7 Å². The molecule has 0 spiro atoms. The highest BCUT2D eigenvalue weighted by molar-refractivity contribution is 7.53. The van der Waals surface area contributed by atoms with Crippen LogP contribution in [0.2, 0.25) is 0 Å². The number of primary amides is 1. The number of fused-ring (bicyclic) bond motifs is 1. The van der Waals surface area contributed by atoms with Gasteiger partial charge >= 0.3 is 7.60 Å². The van der Waals surface area contributed by atoms with Crippen LogP contribution in [0, 0.1) is 12.3 Å². The van der Waals surface area contributed by atoms with Crippen LogP contribution < -0.4 is 5.73 Å². The summed E-state index contributed by atoms with van der Waals surface area (Å²) in [4.78, 5) is 15.6. The Labute approximate surface area is 181 Å². The third kappa shape index (κ3) is 5.02. The van der Waals surface area contributed by atoms with Crippen LogP contribution in [-0.2, 0) is 32.6 Å². The molecule has 12 heteroatoms. The number of carbonyl (C=O) groups excluding carboxylic acids is 1. The summed E-state index contributed by atoms with van der Waals surface area (Å²) >= 11 is 0. The van der Waals surface area contributed by atoms with E-state index in [1.165, 1.54) is 10.9 Å². The van der Waals surface area contributed by atoms with Gasteiger partial charge in [-0.05, 0) is 33.6 Å². The summed E-state index contributed by atoms with van der Waals surface area (Å²) < 4.78 is 48.4. The zero-order valence-electron chi connectivity index (χ0n) is 18.0. The molecule has 2 aliphatic rings. The van der Waals surface area contributed by atoms with Crippen molar-refractivity contribution in [1.29, 1.82) is 0 Å². The maximum atomic E-state index is 12.6. The second kappa shape index (κ2) is 9.38. The molecule has 1 aromatic rings. The number of rotatable bonds is 10. The summed E-state index contributed by atoms with van der Waals surface area (Å²) in [7, 11) is -3.37. The third-order valence-electron chi connectivity index (χ3n) is 4.75. The number of nitrogens with two attached hydrogens (primary N) is 1. The van der Waals surface area contributed by atoms with Crippen LogP contribution in [0.1, 0.15) is 50.1 Å². The van der Waals surface area contributed by atoms with Gasteiger partial charge in [0, 0.05) is 0 Å². The van der Waals surface area contributed by atoms with Crippen molar-refractivity contribution in [3.8, 4) is 12.3 Å². The minimum absolute atomic E-state index is 0.0325. The molecule has 2 N–H and O–H groups in total. The van der Waals surface area contributed by atoms with Crippen molar-refractivity contribution in [1.82, 2.24) is 9.55 Å². The lowest BCUT2D eigenvalue weighted by Gasteiger charge is -2.25. The minimum Gasteiger partial charge on any atom is -0.366 e. The van der Waals surface area contributed by atoms with E-state index >= 15 is 0 Å². The molecule has 2 saturated heterocycles. The van der Waals surface area contributed by atoms with Crippen molar-refractivity contribution in [2.75, 3.05) is 26.2 Å². The first kappa shape index (κ1) is 23.9. The Kier molecular flexibility index (Phi) is 7.23. The van der Waals surface area contributed by atoms with Crippen LogP contribution in [0.25, 0.3) is 0 Å². The Balaban J connectivity index is 1.77. The standard InChI is InChI=1S/C19H28N3O8P/c1-6-12-14(17(20)23)21-10-22(12)18-16-15(29-19(4,5)30-16)13(28-18)9-25-11-31(24,26-7-2)27-8-3/h1,10,13,15-16,18H,7-9,11H2,2-5H3,(H2,20,23)/t13-,15+,16?,18-/m1/s1. The van der Waals surface area contributed by atoms with E-state index < -0.39 is 43.8 Å². The van der Waals surface area contributed by atoms with Gasteiger partial charge < -0.3 is 33.7 Å². The van der Waals surface area contributed by atoms with E-state index in [9.17, 15) is 9.36 Å². The predicted molar refractivity (Wildman–Crippen MR) is 108 cm³/mol. The molecule has 2 aliphatic heterocycles. The number of nitrogens with zero attached hydrogens (tertiary/aromatic N) is 2. The molecule has 2 fully saturated rings. The maximum Gasteiger partial charge on any atom is 0.356 e. The summed E-state index contributed by atoms with van der Waals surface area (Å²) in [5.74, 6) is 0.818. The maximum absolute atomic E-state index is 12.6. The Bertz CT molecular complexity index is 885. The van der Waals surface area contributed by atoms with Gasteiger partial charge in [0.05, 0.1) is 26.1 Å². The summed E-state index contributed by atoms with van der Waals surface area (Å²) in [5, 5.41) is 0. The molecule has 0 saturated carbocycles. The van der Waals surface area contributed by atoms with Gasteiger partial charge in [0.2, 0.25) is 0 Å². The molecule has 11 nitrogen and oxygen atoms in total. The van der Waals surface area contributed by atoms with Crippen molar-refractivity contribution in [3.05, 3.63) is 17.7 Å². The lowest BCUT2D eigenvalue weighted by molar-refractivity contribution is -0.201. The first-order chi connectivity index (χ1) is 14.6. The van der Waals surface area contributed by atoms with E-state index in [2.05, 4.69) is 10.9 Å². The number of carbonyl (C=O) groups is 1. The van der Waals surface area contributed by atoms with Crippen LogP contribution in [0.15, 0.2) is 6.33 Å². The Morgan fingerprint density at radius 3 is 2.55 bits per heavy atom. The summed E-state index contributed by atoms with van der Waals surface area (Å²) in [6.07, 6.45) is 4.40. The Morgan fingerprint density at radius 1 is 1.32 bits per heavy atom. The Morgan fingerprint density at radius 2 is 1.97 bits per heavy atom. The van der Waals surface area contributed by atoms with Crippen molar-refractivity contribution in [2.45, 2.75) is 58.0 Å². The lowest BCUT2D eigenvalue weighted by atomic mass is 10.1. The molecule has 3 rings (SSSR count). The number of terminal acetylenes is 1. The van der Waals surface area contributed by atoms with Crippen molar-refractivity contribution >= 4 is 13.5 Å². The molecule has 31 heavy (non-hydrogen) atoms. The van der Waals surface area contributed by atoms with Crippen LogP contribution in [-0.4, -0.2) is 65.7 Å². The van der Waals surface area contributed by atoms with E-state index in [-0.39, 0.29) is 37.6 Å². The average Bonchev–Trinajstić information content (AvgIpc) is 3.33. The summed E-state index contributed by atoms with van der Waals surface area (Å²) in [5.41, 5.74) is 5.51. The van der Waals surface area contributed by atoms with Crippen LogP contribution in [0.5, 0.6) is 0 Å². The number of hydrogen-bond acceptors (Lipinski definition) is 9. The van der Waals surface area contributed by atoms with E-state index in [1.54, 1.807) is 27.7 Å². The molecule has 0 radical (unpaired) electrons. The van der Waals surface area contributed by atoms with E-state index in [0.29, 0.717) is 0 Å². The highest BCUT2D eigenvalue weighted by Crippen LogP contribution is 2.48. The smallest absolute Gasteiger partial charge is 0.356 e. The van der Waals surface area contributed by atoms with E-state index in [0.717, 1.165) is 0 Å². The van der Waals surface area contributed by atoms with E-state index in [4.69, 9.17) is 40.2 Å². The van der Waals surface area contributed by atoms with Crippen LogP contribution in [0.3, 0.4) is 0 Å². The number of ether oxygens (including phenoxy) is 4. The number of amides is 1. The monoisotopic (exact) mass is 457 g/mol. The molecule has 172 valence electrons. The number of aromatic nitrogens is 2. The van der Waals surface area contributed by atoms with E-state index in [1.807, 2.05) is 0 Å². The van der Waals surface area contributed by atoms with Gasteiger partial charge in [-0.3, -0.25) is 13.9 Å². The Hall–Kier alpha value is -1.77. The zero-order valence-corrected chi connectivity index (χ0v) is 18.9. The van der Waals surface area contributed by atoms with Crippen molar-refractivity contribution in [2.24, 2.45) is 5.73 Å². The first-order valence-corrected chi connectivity index (χ1v) is 11.7. The average molecular weight is 457 g/mol. The lowest BCUT2D eigenvalue weighted by Crippen LogP contribution is -2.33. The van der Waals surface area contributed by atoms with Crippen molar-refractivity contribution < 1.29 is 37.4 Å². The molecule has 1 unspecified atom stereocenters. The predicted octanol–water partition coefficient (Wildman–Crippen LogP) is 1.62. The van der Waals surface area contributed by atoms with Gasteiger partial charge in [-0.25, -0.2) is 4.98 Å². The largest absolute Gasteiger partial charge is 0.366 e. The molecular formula is C19H28N3O8P. The highest BCUT2D eigenvalue weighted by atomic mass is 31.2. The normalized spacial score (nSPS) is 27.2. The van der Waals surface area contributed by atoms with Crippen molar-refractivity contribution in [3.63, 3.8) is 0 Å². The van der Waals surface area contributed by atoms with Gasteiger partial charge in [-0.2, -0.15) is 0 Å². The van der Waals surface area contributed by atoms with Crippen LogP contribution in [0.4, 0.5) is 0 Å². The fraction of sp³-hybridized carbons (Fsp3) is 0.684.